The van der Waals surface area contributed by atoms with Crippen LogP contribution in [0.1, 0.15) is 41.1 Å². The van der Waals surface area contributed by atoms with Gasteiger partial charge in [-0.1, -0.05) is 38.1 Å². The van der Waals surface area contributed by atoms with Gasteiger partial charge in [-0.3, -0.25) is 14.5 Å². The second kappa shape index (κ2) is 8.39. The van der Waals surface area contributed by atoms with E-state index in [1.807, 2.05) is 12.1 Å². The maximum Gasteiger partial charge on any atom is 0.265 e. The first-order valence-corrected chi connectivity index (χ1v) is 9.47. The van der Waals surface area contributed by atoms with E-state index >= 15 is 0 Å². The lowest BCUT2D eigenvalue weighted by Crippen LogP contribution is -2.26. The summed E-state index contributed by atoms with van der Waals surface area (Å²) in [7, 11) is 1.60. The first kappa shape index (κ1) is 19.8. The Morgan fingerprint density at radius 2 is 1.96 bits per heavy atom. The van der Waals surface area contributed by atoms with E-state index in [1.54, 1.807) is 14.0 Å². The summed E-state index contributed by atoms with van der Waals surface area (Å²) < 4.78 is 6.84. The van der Waals surface area contributed by atoms with Crippen LogP contribution in [0.2, 0.25) is 0 Å². The second-order valence-corrected chi connectivity index (χ2v) is 6.84. The fourth-order valence-corrected chi connectivity index (χ4v) is 3.27. The van der Waals surface area contributed by atoms with Crippen molar-refractivity contribution < 1.29 is 9.21 Å². The zero-order chi connectivity index (χ0) is 20.3. The Balaban J connectivity index is 1.78. The van der Waals surface area contributed by atoms with Crippen molar-refractivity contribution in [3.05, 3.63) is 63.4 Å². The van der Waals surface area contributed by atoms with Crippen molar-refractivity contribution in [2.75, 3.05) is 13.1 Å². The maximum absolute atomic E-state index is 12.8. The van der Waals surface area contributed by atoms with E-state index in [9.17, 15) is 9.59 Å². The van der Waals surface area contributed by atoms with Crippen LogP contribution in [0.15, 0.2) is 39.8 Å². The number of furan rings is 1. The van der Waals surface area contributed by atoms with Crippen LogP contribution < -0.4 is 10.9 Å². The SMILES string of the molecule is CCN(CC)Cc1cccc(CNC(=O)c2c(C)oc3ncn(C)c(=O)c23)c1. The molecule has 7 nitrogen and oxygen atoms in total. The largest absolute Gasteiger partial charge is 0.442 e. The number of fused-ring (bicyclic) bond motifs is 1. The second-order valence-electron chi connectivity index (χ2n) is 6.84. The number of amides is 1. The third-order valence-electron chi connectivity index (χ3n) is 4.92. The van der Waals surface area contributed by atoms with Gasteiger partial charge < -0.3 is 14.3 Å². The molecule has 0 atom stereocenters. The van der Waals surface area contributed by atoms with Crippen molar-refractivity contribution in [3.63, 3.8) is 0 Å². The average Bonchev–Trinajstić information content (AvgIpc) is 3.04. The number of nitrogens with one attached hydrogen (secondary N) is 1. The molecule has 1 aromatic carbocycles. The Bertz CT molecular complexity index is 1050. The highest BCUT2D eigenvalue weighted by Crippen LogP contribution is 2.20. The molecule has 0 aliphatic carbocycles. The maximum atomic E-state index is 12.8. The third-order valence-corrected chi connectivity index (χ3v) is 4.92. The molecule has 0 radical (unpaired) electrons. The van der Waals surface area contributed by atoms with Crippen LogP contribution in [0.4, 0.5) is 0 Å². The average molecular weight is 382 g/mol. The molecule has 0 fully saturated rings. The number of carbonyl (C=O) groups is 1. The molecule has 0 saturated heterocycles. The molecule has 3 rings (SSSR count). The van der Waals surface area contributed by atoms with E-state index in [2.05, 4.69) is 41.2 Å². The van der Waals surface area contributed by atoms with Gasteiger partial charge in [-0.15, -0.1) is 0 Å². The van der Waals surface area contributed by atoms with Gasteiger partial charge in [-0.2, -0.15) is 0 Å². The summed E-state index contributed by atoms with van der Waals surface area (Å²) in [6.07, 6.45) is 1.39. The van der Waals surface area contributed by atoms with Crippen molar-refractivity contribution in [1.29, 1.82) is 0 Å². The molecular weight excluding hydrogens is 356 g/mol. The summed E-state index contributed by atoms with van der Waals surface area (Å²) in [5.41, 5.74) is 2.36. The van der Waals surface area contributed by atoms with Crippen molar-refractivity contribution >= 4 is 17.0 Å². The van der Waals surface area contributed by atoms with Crippen LogP contribution in [0.25, 0.3) is 11.1 Å². The molecule has 0 saturated carbocycles. The fraction of sp³-hybridized carbons (Fsp3) is 0.381. The normalized spacial score (nSPS) is 11.3. The summed E-state index contributed by atoms with van der Waals surface area (Å²) >= 11 is 0. The molecule has 28 heavy (non-hydrogen) atoms. The Hall–Kier alpha value is -2.93. The quantitative estimate of drug-likeness (QED) is 0.679. The molecule has 0 aliphatic heterocycles. The fourth-order valence-electron chi connectivity index (χ4n) is 3.27. The van der Waals surface area contributed by atoms with Crippen molar-refractivity contribution in [2.45, 2.75) is 33.9 Å². The van der Waals surface area contributed by atoms with Gasteiger partial charge in [0.25, 0.3) is 11.5 Å². The Labute approximate surface area is 164 Å². The highest BCUT2D eigenvalue weighted by Gasteiger charge is 2.22. The summed E-state index contributed by atoms with van der Waals surface area (Å²) in [6.45, 7) is 9.19. The minimum Gasteiger partial charge on any atom is -0.442 e. The van der Waals surface area contributed by atoms with E-state index in [-0.39, 0.29) is 28.1 Å². The topological polar surface area (TPSA) is 80.4 Å². The third kappa shape index (κ3) is 3.99. The van der Waals surface area contributed by atoms with Crippen LogP contribution in [0, 0.1) is 6.92 Å². The van der Waals surface area contributed by atoms with Gasteiger partial charge in [-0.05, 0) is 31.1 Å². The Kier molecular flexibility index (Phi) is 5.94. The van der Waals surface area contributed by atoms with E-state index in [0.29, 0.717) is 12.3 Å². The number of aromatic nitrogens is 2. The summed E-state index contributed by atoms with van der Waals surface area (Å²) in [6, 6.07) is 8.16. The molecule has 3 aromatic rings. The van der Waals surface area contributed by atoms with Gasteiger partial charge in [0.05, 0.1) is 5.56 Å². The smallest absolute Gasteiger partial charge is 0.265 e. The van der Waals surface area contributed by atoms with E-state index in [1.165, 1.54) is 16.5 Å². The van der Waals surface area contributed by atoms with Crippen LogP contribution in [0.3, 0.4) is 0 Å². The molecule has 0 spiro atoms. The van der Waals surface area contributed by atoms with Crippen molar-refractivity contribution in [3.8, 4) is 0 Å². The number of hydrogen-bond acceptors (Lipinski definition) is 5. The first-order chi connectivity index (χ1) is 13.4. The van der Waals surface area contributed by atoms with Gasteiger partial charge in [-0.25, -0.2) is 4.98 Å². The summed E-state index contributed by atoms with van der Waals surface area (Å²) in [5, 5.41) is 3.12. The number of nitrogens with zero attached hydrogens (tertiary/aromatic N) is 3. The van der Waals surface area contributed by atoms with Crippen molar-refractivity contribution in [2.24, 2.45) is 7.05 Å². The lowest BCUT2D eigenvalue weighted by Gasteiger charge is -2.18. The number of benzene rings is 1. The molecular formula is C21H26N4O3. The van der Waals surface area contributed by atoms with Crippen molar-refractivity contribution in [1.82, 2.24) is 19.8 Å². The highest BCUT2D eigenvalue weighted by molar-refractivity contribution is 6.06. The minimum absolute atomic E-state index is 0.187. The molecule has 1 N–H and O–H groups in total. The van der Waals surface area contributed by atoms with E-state index in [4.69, 9.17) is 4.42 Å². The zero-order valence-electron chi connectivity index (χ0n) is 16.8. The van der Waals surface area contributed by atoms with Gasteiger partial charge in [0.1, 0.15) is 17.5 Å². The molecule has 0 aliphatic rings. The number of carbonyl (C=O) groups excluding carboxylic acids is 1. The number of hydrogen-bond donors (Lipinski definition) is 1. The predicted octanol–water partition coefficient (Wildman–Crippen LogP) is 2.61. The molecule has 1 amide bonds. The lowest BCUT2D eigenvalue weighted by molar-refractivity contribution is 0.0950. The zero-order valence-corrected chi connectivity index (χ0v) is 16.8. The first-order valence-electron chi connectivity index (χ1n) is 9.47. The van der Waals surface area contributed by atoms with Gasteiger partial charge in [0.2, 0.25) is 5.71 Å². The van der Waals surface area contributed by atoms with Crippen LogP contribution >= 0.6 is 0 Å². The van der Waals surface area contributed by atoms with Crippen LogP contribution in [-0.4, -0.2) is 33.4 Å². The summed E-state index contributed by atoms with van der Waals surface area (Å²) in [4.78, 5) is 31.6. The molecule has 2 heterocycles. The molecule has 0 unspecified atom stereocenters. The number of aryl methyl sites for hydroxylation is 2. The molecule has 7 heteroatoms. The summed E-state index contributed by atoms with van der Waals surface area (Å²) in [5.74, 6) is 0.0501. The molecule has 0 bridgehead atoms. The molecule has 148 valence electrons. The predicted molar refractivity (Wildman–Crippen MR) is 108 cm³/mol. The Morgan fingerprint density at radius 1 is 1.25 bits per heavy atom. The van der Waals surface area contributed by atoms with Crippen LogP contribution in [0.5, 0.6) is 0 Å². The highest BCUT2D eigenvalue weighted by atomic mass is 16.3. The van der Waals surface area contributed by atoms with Gasteiger partial charge >= 0.3 is 0 Å². The minimum atomic E-state index is -0.338. The van der Waals surface area contributed by atoms with Crippen LogP contribution in [-0.2, 0) is 20.1 Å². The van der Waals surface area contributed by atoms with E-state index in [0.717, 1.165) is 25.2 Å². The molecule has 2 aromatic heterocycles. The Morgan fingerprint density at radius 3 is 2.68 bits per heavy atom. The lowest BCUT2D eigenvalue weighted by atomic mass is 10.1. The van der Waals surface area contributed by atoms with E-state index < -0.39 is 0 Å². The number of rotatable bonds is 7. The monoisotopic (exact) mass is 382 g/mol. The standard InChI is InChI=1S/C21H26N4O3/c1-5-25(6-2)12-16-9-7-8-15(10-16)11-22-19(26)17-14(3)28-20-18(17)21(27)24(4)13-23-20/h7-10,13H,5-6,11-12H2,1-4H3,(H,22,26). The van der Waals surface area contributed by atoms with Gasteiger partial charge in [0, 0.05) is 20.1 Å². The van der Waals surface area contributed by atoms with Gasteiger partial charge in [0.15, 0.2) is 0 Å².